The molecule has 95 heavy (non-hydrogen) atoms. The molecule has 0 radical (unpaired) electrons. The Labute approximate surface area is 558 Å². The Hall–Kier alpha value is -7.37. The first-order valence-electron chi connectivity index (χ1n) is 32.6. The zero-order valence-corrected chi connectivity index (χ0v) is 54.1. The van der Waals surface area contributed by atoms with E-state index in [1.807, 2.05) is 250 Å². The van der Waals surface area contributed by atoms with E-state index in [9.17, 15) is 15.0 Å². The molecule has 0 bridgehead atoms. The Morgan fingerprint density at radius 1 is 0.421 bits per heavy atom. The highest BCUT2D eigenvalue weighted by atomic mass is 16.8. The number of amides is 1. The van der Waals surface area contributed by atoms with E-state index in [1.165, 1.54) is 14.0 Å². The lowest BCUT2D eigenvalue weighted by atomic mass is 9.94. The summed E-state index contributed by atoms with van der Waals surface area (Å²) in [5, 5.41) is 27.4. The van der Waals surface area contributed by atoms with Crippen molar-refractivity contribution in [2.24, 2.45) is 5.92 Å². The van der Waals surface area contributed by atoms with Crippen molar-refractivity contribution in [2.75, 3.05) is 26.9 Å². The van der Waals surface area contributed by atoms with E-state index in [4.69, 9.17) is 61.6 Å². The van der Waals surface area contributed by atoms with Crippen molar-refractivity contribution in [3.05, 3.63) is 287 Å². The summed E-state index contributed by atoms with van der Waals surface area (Å²) in [7, 11) is 1.52. The van der Waals surface area contributed by atoms with Gasteiger partial charge in [0.1, 0.15) is 61.0 Å². The molecule has 0 saturated carbocycles. The topological polar surface area (TPSA) is 190 Å². The highest BCUT2D eigenvalue weighted by Gasteiger charge is 2.54. The lowest BCUT2D eigenvalue weighted by Gasteiger charge is -2.50. The number of methoxy groups -OCH3 is 1. The van der Waals surface area contributed by atoms with Gasteiger partial charge in [-0.2, -0.15) is 0 Å². The third kappa shape index (κ3) is 21.3. The number of carbonyl (C=O) groups excluding carboxylic acids is 1. The summed E-state index contributed by atoms with van der Waals surface area (Å²) >= 11 is 0. The normalized spacial score (nSPS) is 22.8. The van der Waals surface area contributed by atoms with E-state index in [2.05, 4.69) is 5.32 Å². The summed E-state index contributed by atoms with van der Waals surface area (Å²) in [6.45, 7) is 3.78. The number of rotatable bonds is 37. The average Bonchev–Trinajstić information content (AvgIpc) is 0.811. The smallest absolute Gasteiger partial charge is 0.217 e. The zero-order valence-electron chi connectivity index (χ0n) is 54.1. The largest absolute Gasteiger partial charge is 0.396 e. The van der Waals surface area contributed by atoms with E-state index in [0.717, 1.165) is 44.5 Å². The van der Waals surface area contributed by atoms with Crippen LogP contribution in [0.3, 0.4) is 0 Å². The summed E-state index contributed by atoms with van der Waals surface area (Å²) in [5.74, 6) is -0.848. The van der Waals surface area contributed by atoms with E-state index >= 15 is 0 Å². The quantitative estimate of drug-likeness (QED) is 0.0312. The molecule has 17 heteroatoms. The second kappa shape index (κ2) is 37.8. The fourth-order valence-electron chi connectivity index (χ4n) is 11.7. The summed E-state index contributed by atoms with van der Waals surface area (Å²) in [5.41, 5.74) is 7.01. The molecule has 0 spiro atoms. The van der Waals surface area contributed by atoms with Crippen LogP contribution in [0.15, 0.2) is 243 Å². The molecule has 2 heterocycles. The zero-order chi connectivity index (χ0) is 65.8. The van der Waals surface area contributed by atoms with Gasteiger partial charge in [0, 0.05) is 26.6 Å². The van der Waals surface area contributed by atoms with Crippen molar-refractivity contribution in [3.8, 4) is 0 Å². The number of benzene rings is 8. The Balaban J connectivity index is 1.04. The van der Waals surface area contributed by atoms with Gasteiger partial charge in [-0.15, -0.1) is 0 Å². The van der Waals surface area contributed by atoms with Crippen LogP contribution in [0.5, 0.6) is 0 Å². The van der Waals surface area contributed by atoms with Crippen LogP contribution in [-0.4, -0.2) is 129 Å². The SMILES string of the molecule is COC(OCC1OC(OC2C(COCc3ccccc3)OC(OCc3ccccc3)C(NC(C)=O)C2OCc2ccccc2)C(OCc2ccccc2)C(O)C1OCc1ccccc1)C(OCc1ccccc1)C(OCc1ccccc1)C(OCc1ccccc1)C(C)CO. The minimum Gasteiger partial charge on any atom is -0.396 e. The second-order valence-corrected chi connectivity index (χ2v) is 23.9. The predicted molar refractivity (Wildman–Crippen MR) is 356 cm³/mol. The van der Waals surface area contributed by atoms with Crippen molar-refractivity contribution in [1.82, 2.24) is 5.32 Å². The Morgan fingerprint density at radius 2 is 0.779 bits per heavy atom. The Bertz CT molecular complexity index is 3370. The fourth-order valence-corrected chi connectivity index (χ4v) is 11.7. The number of carbonyl (C=O) groups is 1. The van der Waals surface area contributed by atoms with Crippen LogP contribution in [0.1, 0.15) is 58.4 Å². The highest BCUT2D eigenvalue weighted by Crippen LogP contribution is 2.36. The summed E-state index contributed by atoms with van der Waals surface area (Å²) < 4.78 is 90.0. The van der Waals surface area contributed by atoms with Crippen molar-refractivity contribution in [3.63, 3.8) is 0 Å². The predicted octanol–water partition coefficient (Wildman–Crippen LogP) is 11.3. The maximum atomic E-state index is 13.6. The van der Waals surface area contributed by atoms with Gasteiger partial charge in [0.05, 0.1) is 72.2 Å². The number of ether oxygens (including phenoxy) is 13. The van der Waals surface area contributed by atoms with Gasteiger partial charge in [0.2, 0.25) is 5.91 Å². The average molecular weight is 1300 g/mol. The number of aliphatic hydroxyl groups excluding tert-OH is 2. The van der Waals surface area contributed by atoms with Crippen molar-refractivity contribution in [1.29, 1.82) is 0 Å². The van der Waals surface area contributed by atoms with E-state index in [1.54, 1.807) is 0 Å². The molecule has 2 saturated heterocycles. The summed E-state index contributed by atoms with van der Waals surface area (Å²) in [4.78, 5) is 13.6. The van der Waals surface area contributed by atoms with Crippen LogP contribution in [0.4, 0.5) is 0 Å². The monoisotopic (exact) mass is 1300 g/mol. The third-order valence-corrected chi connectivity index (χ3v) is 16.7. The lowest BCUT2D eigenvalue weighted by molar-refractivity contribution is -0.365. The van der Waals surface area contributed by atoms with Gasteiger partial charge in [-0.3, -0.25) is 4.79 Å². The van der Waals surface area contributed by atoms with Crippen LogP contribution in [0.2, 0.25) is 0 Å². The fraction of sp³-hybridized carbons (Fsp3) is 0.372. The van der Waals surface area contributed by atoms with Gasteiger partial charge >= 0.3 is 0 Å². The van der Waals surface area contributed by atoms with Gasteiger partial charge < -0.3 is 77.1 Å². The van der Waals surface area contributed by atoms with E-state index < -0.39 is 91.9 Å². The molecule has 15 atom stereocenters. The van der Waals surface area contributed by atoms with Crippen LogP contribution < -0.4 is 5.32 Å². The molecule has 0 aliphatic carbocycles. The first kappa shape index (κ1) is 70.4. The molecule has 8 aromatic rings. The molecule has 3 N–H and O–H groups in total. The highest BCUT2D eigenvalue weighted by molar-refractivity contribution is 5.73. The first-order chi connectivity index (χ1) is 46.7. The van der Waals surface area contributed by atoms with Gasteiger partial charge in [-0.05, 0) is 44.5 Å². The molecule has 8 aromatic carbocycles. The maximum Gasteiger partial charge on any atom is 0.217 e. The summed E-state index contributed by atoms with van der Waals surface area (Å²) in [6, 6.07) is 76.7. The molecule has 15 unspecified atom stereocenters. The lowest BCUT2D eigenvalue weighted by Crippen LogP contribution is -2.68. The van der Waals surface area contributed by atoms with Crippen LogP contribution in [0.25, 0.3) is 0 Å². The van der Waals surface area contributed by atoms with Crippen molar-refractivity contribution < 1.29 is 76.6 Å². The summed E-state index contributed by atoms with van der Waals surface area (Å²) in [6.07, 6.45) is -14.6. The molecule has 502 valence electrons. The molecule has 2 aliphatic heterocycles. The number of aliphatic hydroxyl groups is 2. The molecule has 17 nitrogen and oxygen atoms in total. The van der Waals surface area contributed by atoms with Gasteiger partial charge in [0.15, 0.2) is 18.9 Å². The molecule has 0 aromatic heterocycles. The molecule has 2 fully saturated rings. The van der Waals surface area contributed by atoms with Gasteiger partial charge in [-0.25, -0.2) is 0 Å². The first-order valence-corrected chi connectivity index (χ1v) is 32.6. The molecule has 1 amide bonds. The minimum absolute atomic E-state index is 0.0390. The number of hydrogen-bond donors (Lipinski definition) is 3. The van der Waals surface area contributed by atoms with Crippen LogP contribution in [-0.2, 0) is 119 Å². The van der Waals surface area contributed by atoms with Gasteiger partial charge in [0.25, 0.3) is 0 Å². The Kier molecular flexibility index (Phi) is 28.0. The Morgan fingerprint density at radius 3 is 1.20 bits per heavy atom. The van der Waals surface area contributed by atoms with Crippen molar-refractivity contribution >= 4 is 5.91 Å². The van der Waals surface area contributed by atoms with E-state index in [-0.39, 0.29) is 78.6 Å². The van der Waals surface area contributed by atoms with Crippen LogP contribution in [0, 0.1) is 5.92 Å². The number of nitrogens with one attached hydrogen (secondary N) is 1. The number of hydrogen-bond acceptors (Lipinski definition) is 16. The standard InChI is InChI=1S/C78H89NO16/c1-55(44-80)69(85-46-58-30-14-5-15-31-58)74(89-50-62-38-22-9-23-39-62)75(90-51-63-40-24-10-25-41-63)77(83-3)92-54-66-70(86-47-59-32-16-6-17-33-59)68(82)73(88-49-61-36-20-8-21-37-61)78(94-66)95-71-65(53-84-45-57-28-12-4-13-29-57)93-76(91-52-64-42-26-11-27-43-64)67(79-56(2)81)72(71)87-48-60-34-18-7-19-35-60/h4-43,55,65-78,80,82H,44-54H2,1-3H3,(H,79,81). The van der Waals surface area contributed by atoms with Gasteiger partial charge in [-0.1, -0.05) is 250 Å². The van der Waals surface area contributed by atoms with Crippen LogP contribution >= 0.6 is 0 Å². The third-order valence-electron chi connectivity index (χ3n) is 16.7. The molecular formula is C78H89NO16. The maximum absolute atomic E-state index is 13.6. The van der Waals surface area contributed by atoms with E-state index in [0.29, 0.717) is 0 Å². The second-order valence-electron chi connectivity index (χ2n) is 23.9. The minimum atomic E-state index is -1.46. The molecular weight excluding hydrogens is 1210 g/mol. The molecule has 10 rings (SSSR count). The molecule has 2 aliphatic rings. The van der Waals surface area contributed by atoms with Crippen molar-refractivity contribution in [2.45, 2.75) is 153 Å².